The molecule has 5 N–H and O–H groups in total. The molecule has 1 atom stereocenters. The van der Waals surface area contributed by atoms with Crippen molar-refractivity contribution in [2.24, 2.45) is 5.73 Å². The van der Waals surface area contributed by atoms with E-state index in [0.717, 1.165) is 27.7 Å². The quantitative estimate of drug-likeness (QED) is 0.600. The molecule has 1 heterocycles. The third-order valence-corrected chi connectivity index (χ3v) is 3.23. The average molecular weight is 237 g/mol. The molecule has 1 aromatic heterocycles. The van der Waals surface area contributed by atoms with Crippen molar-refractivity contribution in [2.45, 2.75) is 6.04 Å². The number of aromatic amines is 1. The predicted molar refractivity (Wildman–Crippen MR) is 75.2 cm³/mol. The van der Waals surface area contributed by atoms with Crippen LogP contribution in [0.2, 0.25) is 0 Å². The zero-order valence-corrected chi connectivity index (χ0v) is 9.93. The molecule has 0 aliphatic carbocycles. The SMILES string of the molecule is Nc1cccc(C(N)c2c[nH]c3ccccc23)c1. The van der Waals surface area contributed by atoms with Gasteiger partial charge in [-0.05, 0) is 29.3 Å². The van der Waals surface area contributed by atoms with Gasteiger partial charge in [0.15, 0.2) is 0 Å². The summed E-state index contributed by atoms with van der Waals surface area (Å²) in [6.07, 6.45) is 1.97. The first-order chi connectivity index (χ1) is 8.75. The van der Waals surface area contributed by atoms with E-state index in [9.17, 15) is 0 Å². The number of rotatable bonds is 2. The van der Waals surface area contributed by atoms with Gasteiger partial charge in [0, 0.05) is 22.8 Å². The highest BCUT2D eigenvalue weighted by atomic mass is 14.7. The molecule has 0 amide bonds. The highest BCUT2D eigenvalue weighted by Crippen LogP contribution is 2.27. The lowest BCUT2D eigenvalue weighted by Crippen LogP contribution is -2.11. The maximum atomic E-state index is 6.32. The third-order valence-electron chi connectivity index (χ3n) is 3.23. The van der Waals surface area contributed by atoms with Crippen molar-refractivity contribution in [1.82, 2.24) is 4.98 Å². The molecular weight excluding hydrogens is 222 g/mol. The van der Waals surface area contributed by atoms with Crippen LogP contribution in [0.1, 0.15) is 17.2 Å². The minimum absolute atomic E-state index is 0.162. The van der Waals surface area contributed by atoms with Crippen molar-refractivity contribution in [3.63, 3.8) is 0 Å². The van der Waals surface area contributed by atoms with Gasteiger partial charge in [-0.25, -0.2) is 0 Å². The number of anilines is 1. The van der Waals surface area contributed by atoms with Gasteiger partial charge in [-0.15, -0.1) is 0 Å². The van der Waals surface area contributed by atoms with Gasteiger partial charge in [0.1, 0.15) is 0 Å². The van der Waals surface area contributed by atoms with Gasteiger partial charge in [-0.1, -0.05) is 30.3 Å². The molecule has 0 bridgehead atoms. The van der Waals surface area contributed by atoms with E-state index in [4.69, 9.17) is 11.5 Å². The monoisotopic (exact) mass is 237 g/mol. The first kappa shape index (κ1) is 10.9. The predicted octanol–water partition coefficient (Wildman–Crippen LogP) is 2.80. The number of hydrogen-bond donors (Lipinski definition) is 3. The molecular formula is C15H15N3. The van der Waals surface area contributed by atoms with Crippen LogP contribution in [0.4, 0.5) is 5.69 Å². The zero-order valence-electron chi connectivity index (χ0n) is 9.93. The van der Waals surface area contributed by atoms with E-state index < -0.39 is 0 Å². The van der Waals surface area contributed by atoms with Crippen LogP contribution in [-0.4, -0.2) is 4.98 Å². The lowest BCUT2D eigenvalue weighted by Gasteiger charge is -2.11. The summed E-state index contributed by atoms with van der Waals surface area (Å²) in [5, 5.41) is 1.16. The Kier molecular flexibility index (Phi) is 2.54. The molecule has 3 heteroatoms. The summed E-state index contributed by atoms with van der Waals surface area (Å²) in [5.41, 5.74) is 16.1. The van der Waals surface area contributed by atoms with E-state index in [-0.39, 0.29) is 6.04 Å². The van der Waals surface area contributed by atoms with Crippen molar-refractivity contribution in [1.29, 1.82) is 0 Å². The first-order valence-electron chi connectivity index (χ1n) is 5.93. The van der Waals surface area contributed by atoms with E-state index >= 15 is 0 Å². The molecule has 0 aliphatic rings. The number of H-pyrrole nitrogens is 1. The molecule has 0 saturated carbocycles. The molecule has 3 aromatic rings. The lowest BCUT2D eigenvalue weighted by atomic mass is 9.99. The van der Waals surface area contributed by atoms with Crippen molar-refractivity contribution >= 4 is 16.6 Å². The third kappa shape index (κ3) is 1.75. The van der Waals surface area contributed by atoms with Crippen LogP contribution in [0.15, 0.2) is 54.7 Å². The normalized spacial score (nSPS) is 12.7. The molecule has 0 aliphatic heterocycles. The Morgan fingerprint density at radius 3 is 2.67 bits per heavy atom. The largest absolute Gasteiger partial charge is 0.399 e. The number of nitrogen functional groups attached to an aromatic ring is 1. The van der Waals surface area contributed by atoms with Crippen LogP contribution >= 0.6 is 0 Å². The number of nitrogens with two attached hydrogens (primary N) is 2. The summed E-state index contributed by atoms with van der Waals surface area (Å²) < 4.78 is 0. The fraction of sp³-hybridized carbons (Fsp3) is 0.0667. The maximum Gasteiger partial charge on any atom is 0.0573 e. The van der Waals surface area contributed by atoms with E-state index in [0.29, 0.717) is 0 Å². The highest BCUT2D eigenvalue weighted by molar-refractivity contribution is 5.84. The molecule has 3 rings (SSSR count). The van der Waals surface area contributed by atoms with Crippen LogP contribution in [0, 0.1) is 0 Å². The Labute approximate surface area is 105 Å². The minimum Gasteiger partial charge on any atom is -0.399 e. The van der Waals surface area contributed by atoms with Gasteiger partial charge in [-0.3, -0.25) is 0 Å². The smallest absolute Gasteiger partial charge is 0.0573 e. The molecule has 2 aromatic carbocycles. The summed E-state index contributed by atoms with van der Waals surface area (Å²) in [6.45, 7) is 0. The van der Waals surface area contributed by atoms with Gasteiger partial charge < -0.3 is 16.5 Å². The minimum atomic E-state index is -0.162. The fourth-order valence-electron chi connectivity index (χ4n) is 2.28. The van der Waals surface area contributed by atoms with E-state index in [1.165, 1.54) is 0 Å². The molecule has 0 saturated heterocycles. The number of fused-ring (bicyclic) bond motifs is 1. The summed E-state index contributed by atoms with van der Waals surface area (Å²) >= 11 is 0. The van der Waals surface area contributed by atoms with Gasteiger partial charge in [0.05, 0.1) is 6.04 Å². The Balaban J connectivity index is 2.09. The van der Waals surface area contributed by atoms with Crippen molar-refractivity contribution in [3.8, 4) is 0 Å². The molecule has 3 nitrogen and oxygen atoms in total. The first-order valence-corrected chi connectivity index (χ1v) is 5.93. The second kappa shape index (κ2) is 4.20. The Morgan fingerprint density at radius 1 is 1.00 bits per heavy atom. The lowest BCUT2D eigenvalue weighted by molar-refractivity contribution is 0.880. The molecule has 0 spiro atoms. The number of aromatic nitrogens is 1. The van der Waals surface area contributed by atoms with E-state index in [2.05, 4.69) is 11.1 Å². The van der Waals surface area contributed by atoms with Crippen LogP contribution in [0.25, 0.3) is 10.9 Å². The van der Waals surface area contributed by atoms with Crippen LogP contribution < -0.4 is 11.5 Å². The molecule has 90 valence electrons. The average Bonchev–Trinajstić information content (AvgIpc) is 2.82. The fourth-order valence-corrected chi connectivity index (χ4v) is 2.28. The maximum absolute atomic E-state index is 6.32. The van der Waals surface area contributed by atoms with Gasteiger partial charge in [0.25, 0.3) is 0 Å². The van der Waals surface area contributed by atoms with Crippen molar-refractivity contribution in [3.05, 3.63) is 65.9 Å². The van der Waals surface area contributed by atoms with E-state index in [1.54, 1.807) is 0 Å². The van der Waals surface area contributed by atoms with Crippen LogP contribution in [0.3, 0.4) is 0 Å². The van der Waals surface area contributed by atoms with Gasteiger partial charge in [0.2, 0.25) is 0 Å². The van der Waals surface area contributed by atoms with Crippen LogP contribution in [-0.2, 0) is 0 Å². The van der Waals surface area contributed by atoms with Crippen LogP contribution in [0.5, 0.6) is 0 Å². The number of para-hydroxylation sites is 1. The summed E-state index contributed by atoms with van der Waals surface area (Å²) in [7, 11) is 0. The van der Waals surface area contributed by atoms with Crippen molar-refractivity contribution < 1.29 is 0 Å². The molecule has 0 fully saturated rings. The second-order valence-corrected chi connectivity index (χ2v) is 4.44. The standard InChI is InChI=1S/C15H15N3/c16-11-5-3-4-10(8-11)15(17)13-9-18-14-7-2-1-6-12(13)14/h1-9,15,18H,16-17H2. The van der Waals surface area contributed by atoms with Gasteiger partial charge in [-0.2, -0.15) is 0 Å². The Bertz CT molecular complexity index is 685. The Morgan fingerprint density at radius 2 is 1.83 bits per heavy atom. The van der Waals surface area contributed by atoms with E-state index in [1.807, 2.05) is 48.7 Å². The molecule has 0 radical (unpaired) electrons. The Hall–Kier alpha value is -2.26. The summed E-state index contributed by atoms with van der Waals surface area (Å²) in [5.74, 6) is 0. The number of benzene rings is 2. The number of hydrogen-bond acceptors (Lipinski definition) is 2. The summed E-state index contributed by atoms with van der Waals surface area (Å²) in [4.78, 5) is 3.24. The highest BCUT2D eigenvalue weighted by Gasteiger charge is 2.13. The zero-order chi connectivity index (χ0) is 12.5. The van der Waals surface area contributed by atoms with Crippen molar-refractivity contribution in [2.75, 3.05) is 5.73 Å². The topological polar surface area (TPSA) is 67.8 Å². The molecule has 1 unspecified atom stereocenters. The molecule has 18 heavy (non-hydrogen) atoms. The second-order valence-electron chi connectivity index (χ2n) is 4.44. The number of nitrogens with one attached hydrogen (secondary N) is 1. The summed E-state index contributed by atoms with van der Waals surface area (Å²) in [6, 6.07) is 15.7. The van der Waals surface area contributed by atoms with Gasteiger partial charge >= 0.3 is 0 Å².